The fourth-order valence-corrected chi connectivity index (χ4v) is 2.05. The maximum absolute atomic E-state index is 5.64. The summed E-state index contributed by atoms with van der Waals surface area (Å²) in [4.78, 5) is 8.42. The van der Waals surface area contributed by atoms with Crippen LogP contribution in [0.15, 0.2) is 12.4 Å². The minimum atomic E-state index is 0.0847. The third kappa shape index (κ3) is 4.04. The first-order chi connectivity index (χ1) is 9.19. The molecule has 0 aromatic carbocycles. The highest BCUT2D eigenvalue weighted by atomic mass is 16.5. The van der Waals surface area contributed by atoms with Gasteiger partial charge in [-0.05, 0) is 20.8 Å². The molecule has 0 aliphatic carbocycles. The average molecular weight is 266 g/mol. The number of rotatable bonds is 6. The first-order valence-corrected chi connectivity index (χ1v) is 6.73. The molecule has 2 N–H and O–H groups in total. The highest BCUT2D eigenvalue weighted by Gasteiger charge is 2.28. The van der Waals surface area contributed by atoms with Gasteiger partial charge in [0.05, 0.1) is 19.3 Å². The van der Waals surface area contributed by atoms with E-state index < -0.39 is 0 Å². The molecule has 0 unspecified atom stereocenters. The van der Waals surface area contributed by atoms with Crippen molar-refractivity contribution in [1.29, 1.82) is 0 Å². The van der Waals surface area contributed by atoms with Crippen LogP contribution in [0.2, 0.25) is 0 Å². The van der Waals surface area contributed by atoms with Crippen LogP contribution in [0.4, 0.5) is 11.6 Å². The van der Waals surface area contributed by atoms with Crippen LogP contribution in [0.1, 0.15) is 20.8 Å². The quantitative estimate of drug-likeness (QED) is 0.813. The van der Waals surface area contributed by atoms with Crippen molar-refractivity contribution >= 4 is 11.6 Å². The number of anilines is 2. The van der Waals surface area contributed by atoms with E-state index in [-0.39, 0.29) is 12.1 Å². The van der Waals surface area contributed by atoms with Gasteiger partial charge < -0.3 is 20.1 Å². The van der Waals surface area contributed by atoms with Crippen molar-refractivity contribution in [1.82, 2.24) is 9.97 Å². The molecule has 1 aliphatic rings. The molecular formula is C13H22N4O2. The lowest BCUT2D eigenvalue weighted by atomic mass is 10.2. The summed E-state index contributed by atoms with van der Waals surface area (Å²) in [6.07, 6.45) is 1.64. The normalized spacial score (nSPS) is 22.7. The summed E-state index contributed by atoms with van der Waals surface area (Å²) in [5.74, 6) is 1.61. The van der Waals surface area contributed by atoms with Crippen molar-refractivity contribution in [3.63, 3.8) is 0 Å². The Labute approximate surface area is 113 Å². The van der Waals surface area contributed by atoms with E-state index in [2.05, 4.69) is 34.4 Å². The Morgan fingerprint density at radius 3 is 2.89 bits per heavy atom. The molecule has 6 nitrogen and oxygen atoms in total. The number of nitrogens with one attached hydrogen (secondary N) is 2. The molecule has 1 aromatic rings. The molecule has 19 heavy (non-hydrogen) atoms. The van der Waals surface area contributed by atoms with Gasteiger partial charge >= 0.3 is 0 Å². The van der Waals surface area contributed by atoms with Crippen molar-refractivity contribution in [2.24, 2.45) is 0 Å². The number of aromatic nitrogens is 2. The smallest absolute Gasteiger partial charge is 0.131 e. The lowest BCUT2D eigenvalue weighted by molar-refractivity contribution is 0.0478. The Balaban J connectivity index is 1.98. The number of hydrogen-bond donors (Lipinski definition) is 2. The zero-order valence-corrected chi connectivity index (χ0v) is 11.7. The summed E-state index contributed by atoms with van der Waals surface area (Å²) >= 11 is 0. The summed E-state index contributed by atoms with van der Waals surface area (Å²) in [7, 11) is 0. The van der Waals surface area contributed by atoms with Gasteiger partial charge in [0.25, 0.3) is 0 Å². The average Bonchev–Trinajstić information content (AvgIpc) is 2.77. The SMILES string of the molecule is CCO[C@H]1COC[C@@H]1Nc1cc(NC(C)C)ncn1. The second-order valence-electron chi connectivity index (χ2n) is 4.87. The molecule has 106 valence electrons. The minimum absolute atomic E-state index is 0.0847. The summed E-state index contributed by atoms with van der Waals surface area (Å²) in [5, 5.41) is 6.60. The van der Waals surface area contributed by atoms with E-state index in [9.17, 15) is 0 Å². The molecule has 0 amide bonds. The van der Waals surface area contributed by atoms with Crippen LogP contribution in [-0.2, 0) is 9.47 Å². The Morgan fingerprint density at radius 2 is 2.16 bits per heavy atom. The maximum atomic E-state index is 5.64. The molecule has 0 bridgehead atoms. The van der Waals surface area contributed by atoms with Crippen molar-refractivity contribution in [3.8, 4) is 0 Å². The molecule has 1 saturated heterocycles. The zero-order chi connectivity index (χ0) is 13.7. The predicted octanol–water partition coefficient (Wildman–Crippen LogP) is 1.51. The standard InChI is InChI=1S/C13H22N4O2/c1-4-19-11-7-18-6-10(11)17-13-5-12(14-8-15-13)16-9(2)3/h5,8-11H,4,6-7H2,1-3H3,(H2,14,15,16,17)/t10-,11-/m0/s1. The van der Waals surface area contributed by atoms with Gasteiger partial charge in [-0.15, -0.1) is 0 Å². The topological polar surface area (TPSA) is 68.3 Å². The zero-order valence-electron chi connectivity index (χ0n) is 11.7. The first-order valence-electron chi connectivity index (χ1n) is 6.73. The summed E-state index contributed by atoms with van der Waals surface area (Å²) < 4.78 is 11.1. The molecule has 6 heteroatoms. The molecule has 1 fully saturated rings. The van der Waals surface area contributed by atoms with Crippen molar-refractivity contribution < 1.29 is 9.47 Å². The van der Waals surface area contributed by atoms with E-state index in [0.717, 1.165) is 11.6 Å². The molecule has 2 atom stereocenters. The molecule has 2 rings (SSSR count). The van der Waals surface area contributed by atoms with Gasteiger partial charge in [-0.2, -0.15) is 0 Å². The van der Waals surface area contributed by atoms with Crippen LogP contribution in [0, 0.1) is 0 Å². The van der Waals surface area contributed by atoms with Crippen LogP contribution in [0.25, 0.3) is 0 Å². The van der Waals surface area contributed by atoms with Gasteiger partial charge in [0, 0.05) is 18.7 Å². The Hall–Kier alpha value is -1.40. The van der Waals surface area contributed by atoms with Gasteiger partial charge in [0.1, 0.15) is 24.1 Å². The molecule has 0 radical (unpaired) electrons. The fourth-order valence-electron chi connectivity index (χ4n) is 2.05. The third-order valence-electron chi connectivity index (χ3n) is 2.85. The Morgan fingerprint density at radius 1 is 1.37 bits per heavy atom. The van der Waals surface area contributed by atoms with Gasteiger partial charge in [0.15, 0.2) is 0 Å². The monoisotopic (exact) mass is 266 g/mol. The van der Waals surface area contributed by atoms with E-state index in [0.29, 0.717) is 25.9 Å². The molecule has 0 spiro atoms. The van der Waals surface area contributed by atoms with Crippen LogP contribution >= 0.6 is 0 Å². The molecule has 2 heterocycles. The van der Waals surface area contributed by atoms with Gasteiger partial charge in [-0.3, -0.25) is 0 Å². The molecule has 0 saturated carbocycles. The van der Waals surface area contributed by atoms with Crippen LogP contribution in [0.5, 0.6) is 0 Å². The Bertz CT molecular complexity index is 400. The van der Waals surface area contributed by atoms with E-state index in [1.807, 2.05) is 13.0 Å². The fraction of sp³-hybridized carbons (Fsp3) is 0.692. The molecule has 1 aliphatic heterocycles. The van der Waals surface area contributed by atoms with Gasteiger partial charge in [-0.25, -0.2) is 9.97 Å². The first kappa shape index (κ1) is 14.0. The highest BCUT2D eigenvalue weighted by Crippen LogP contribution is 2.16. The minimum Gasteiger partial charge on any atom is -0.376 e. The largest absolute Gasteiger partial charge is 0.376 e. The van der Waals surface area contributed by atoms with Crippen molar-refractivity contribution in [3.05, 3.63) is 12.4 Å². The molecule has 1 aromatic heterocycles. The predicted molar refractivity (Wildman–Crippen MR) is 74.4 cm³/mol. The van der Waals surface area contributed by atoms with Gasteiger partial charge in [0.2, 0.25) is 0 Å². The van der Waals surface area contributed by atoms with Crippen molar-refractivity contribution in [2.75, 3.05) is 30.5 Å². The highest BCUT2D eigenvalue weighted by molar-refractivity contribution is 5.47. The lowest BCUT2D eigenvalue weighted by Gasteiger charge is -2.19. The van der Waals surface area contributed by atoms with Crippen LogP contribution < -0.4 is 10.6 Å². The number of nitrogens with zero attached hydrogens (tertiary/aromatic N) is 2. The summed E-state index contributed by atoms with van der Waals surface area (Å²) in [6, 6.07) is 2.39. The van der Waals surface area contributed by atoms with Crippen LogP contribution in [-0.4, -0.2) is 48.0 Å². The number of ether oxygens (including phenoxy) is 2. The van der Waals surface area contributed by atoms with Crippen molar-refractivity contribution in [2.45, 2.75) is 39.0 Å². The maximum Gasteiger partial charge on any atom is 0.131 e. The third-order valence-corrected chi connectivity index (χ3v) is 2.85. The second kappa shape index (κ2) is 6.68. The van der Waals surface area contributed by atoms with Gasteiger partial charge in [-0.1, -0.05) is 0 Å². The summed E-state index contributed by atoms with van der Waals surface area (Å²) in [5.41, 5.74) is 0. The molecular weight excluding hydrogens is 244 g/mol. The second-order valence-corrected chi connectivity index (χ2v) is 4.87. The number of hydrogen-bond acceptors (Lipinski definition) is 6. The Kier molecular flexibility index (Phi) is 4.93. The van der Waals surface area contributed by atoms with E-state index >= 15 is 0 Å². The van der Waals surface area contributed by atoms with E-state index in [1.165, 1.54) is 0 Å². The summed E-state index contributed by atoms with van der Waals surface area (Å²) in [6.45, 7) is 8.10. The lowest BCUT2D eigenvalue weighted by Crippen LogP contribution is -2.34. The van der Waals surface area contributed by atoms with Crippen LogP contribution in [0.3, 0.4) is 0 Å². The van der Waals surface area contributed by atoms with E-state index in [1.54, 1.807) is 6.33 Å². The van der Waals surface area contributed by atoms with E-state index in [4.69, 9.17) is 9.47 Å².